The molecule has 0 N–H and O–H groups in total. The molecule has 0 bridgehead atoms. The van der Waals surface area contributed by atoms with E-state index in [1.165, 1.54) is 0 Å². The summed E-state index contributed by atoms with van der Waals surface area (Å²) in [4.78, 5) is 21.4. The molecule has 0 saturated carbocycles. The highest BCUT2D eigenvalue weighted by molar-refractivity contribution is 7.09. The van der Waals surface area contributed by atoms with Crippen LogP contribution in [0.4, 0.5) is 0 Å². The first-order valence-electron chi connectivity index (χ1n) is 7.55. The lowest BCUT2D eigenvalue weighted by molar-refractivity contribution is 0.0470. The Morgan fingerprint density at radius 1 is 1.22 bits per heavy atom. The van der Waals surface area contributed by atoms with Gasteiger partial charge < -0.3 is 4.74 Å². The Kier molecular flexibility index (Phi) is 4.39. The minimum absolute atomic E-state index is 0.198. The average Bonchev–Trinajstić information content (AvgIpc) is 3.00. The van der Waals surface area contributed by atoms with Crippen LogP contribution in [0.5, 0.6) is 0 Å². The summed E-state index contributed by atoms with van der Waals surface area (Å²) in [5.74, 6) is -0.336. The fourth-order valence-electron chi connectivity index (χ4n) is 2.44. The second kappa shape index (κ2) is 6.46. The number of hydrogen-bond acceptors (Lipinski definition) is 5. The van der Waals surface area contributed by atoms with Crippen molar-refractivity contribution in [2.24, 2.45) is 0 Å². The lowest BCUT2D eigenvalue weighted by Crippen LogP contribution is -2.07. The number of ether oxygens (including phenoxy) is 1. The maximum atomic E-state index is 12.5. The van der Waals surface area contributed by atoms with Crippen molar-refractivity contribution >= 4 is 28.2 Å². The van der Waals surface area contributed by atoms with Gasteiger partial charge in [-0.25, -0.2) is 9.78 Å². The average molecular weight is 326 g/mol. The third-order valence-electron chi connectivity index (χ3n) is 3.57. The van der Waals surface area contributed by atoms with Crippen LogP contribution in [0.1, 0.15) is 39.2 Å². The molecule has 0 spiro atoms. The number of carbonyl (C=O) groups excluding carboxylic acids is 1. The first kappa shape index (κ1) is 15.6. The molecule has 4 nitrogen and oxygen atoms in total. The van der Waals surface area contributed by atoms with Crippen LogP contribution < -0.4 is 0 Å². The minimum Gasteiger partial charge on any atom is -0.456 e. The first-order valence-corrected chi connectivity index (χ1v) is 8.43. The van der Waals surface area contributed by atoms with Crippen LogP contribution in [0, 0.1) is 13.8 Å². The highest BCUT2D eigenvalue weighted by Crippen LogP contribution is 2.21. The minimum atomic E-state index is -0.336. The highest BCUT2D eigenvalue weighted by Gasteiger charge is 2.14. The third-order valence-corrected chi connectivity index (χ3v) is 4.61. The molecule has 0 aliphatic carbocycles. The molecule has 0 saturated heterocycles. The van der Waals surface area contributed by atoms with E-state index in [-0.39, 0.29) is 12.6 Å². The first-order chi connectivity index (χ1) is 11.1. The quantitative estimate of drug-likeness (QED) is 0.673. The zero-order chi connectivity index (χ0) is 16.4. The lowest BCUT2D eigenvalue weighted by atomic mass is 10.1. The summed E-state index contributed by atoms with van der Waals surface area (Å²) < 4.78 is 5.45. The summed E-state index contributed by atoms with van der Waals surface area (Å²) in [6.45, 7) is 6.13. The molecule has 0 amide bonds. The summed E-state index contributed by atoms with van der Waals surface area (Å²) in [5, 5.41) is 3.82. The number of hydrogen-bond donors (Lipinski definition) is 0. The topological polar surface area (TPSA) is 52.1 Å². The van der Waals surface area contributed by atoms with Gasteiger partial charge in [-0.1, -0.05) is 18.6 Å². The number of thiazole rings is 1. The summed E-state index contributed by atoms with van der Waals surface area (Å²) >= 11 is 1.59. The predicted octanol–water partition coefficient (Wildman–Crippen LogP) is 4.23. The van der Waals surface area contributed by atoms with E-state index in [4.69, 9.17) is 4.74 Å². The van der Waals surface area contributed by atoms with Gasteiger partial charge >= 0.3 is 5.97 Å². The second-order valence-electron chi connectivity index (χ2n) is 5.49. The largest absolute Gasteiger partial charge is 0.456 e. The number of aromatic nitrogens is 2. The van der Waals surface area contributed by atoms with Crippen LogP contribution in [0.2, 0.25) is 0 Å². The van der Waals surface area contributed by atoms with E-state index in [9.17, 15) is 4.79 Å². The number of carbonyl (C=O) groups is 1. The van der Waals surface area contributed by atoms with Gasteiger partial charge in [-0.05, 0) is 38.5 Å². The molecular weight excluding hydrogens is 308 g/mol. The highest BCUT2D eigenvalue weighted by atomic mass is 32.1. The zero-order valence-electron chi connectivity index (χ0n) is 13.4. The molecular formula is C18H18N2O2S. The monoisotopic (exact) mass is 326 g/mol. The van der Waals surface area contributed by atoms with E-state index < -0.39 is 0 Å². The molecule has 0 fully saturated rings. The Morgan fingerprint density at radius 2 is 2.04 bits per heavy atom. The Hall–Kier alpha value is -2.27. The van der Waals surface area contributed by atoms with Gasteiger partial charge in [0, 0.05) is 16.5 Å². The number of nitrogens with zero attached hydrogens (tertiary/aromatic N) is 2. The van der Waals surface area contributed by atoms with Gasteiger partial charge in [0.1, 0.15) is 6.61 Å². The van der Waals surface area contributed by atoms with Gasteiger partial charge in [0.2, 0.25) is 0 Å². The van der Waals surface area contributed by atoms with Crippen molar-refractivity contribution in [3.63, 3.8) is 0 Å². The van der Waals surface area contributed by atoms with Crippen molar-refractivity contribution in [1.29, 1.82) is 0 Å². The van der Waals surface area contributed by atoms with E-state index in [1.54, 1.807) is 17.4 Å². The van der Waals surface area contributed by atoms with Crippen LogP contribution in [0.15, 0.2) is 29.6 Å². The lowest BCUT2D eigenvalue weighted by Gasteiger charge is -2.08. The van der Waals surface area contributed by atoms with Crippen molar-refractivity contribution in [1.82, 2.24) is 9.97 Å². The van der Waals surface area contributed by atoms with E-state index in [0.717, 1.165) is 39.3 Å². The molecule has 0 aliphatic heterocycles. The molecule has 23 heavy (non-hydrogen) atoms. The van der Waals surface area contributed by atoms with Crippen molar-refractivity contribution < 1.29 is 9.53 Å². The van der Waals surface area contributed by atoms with Crippen LogP contribution >= 0.6 is 11.3 Å². The molecule has 3 rings (SSSR count). The Bertz CT molecular complexity index is 871. The molecule has 5 heteroatoms. The standard InChI is InChI=1S/C18H18N2O2S/c1-4-17-20-13(10-23-17)9-22-18(21)15-8-12(3)19-16-6-5-11(2)7-14(15)16/h5-8,10H,4,9H2,1-3H3. The molecule has 0 unspecified atom stereocenters. The number of rotatable bonds is 4. The van der Waals surface area contributed by atoms with Crippen molar-refractivity contribution in [2.75, 3.05) is 0 Å². The predicted molar refractivity (Wildman–Crippen MR) is 91.8 cm³/mol. The van der Waals surface area contributed by atoms with Crippen LogP contribution in [0.3, 0.4) is 0 Å². The molecule has 3 aromatic rings. The fraction of sp³-hybridized carbons (Fsp3) is 0.278. The number of esters is 1. The third kappa shape index (κ3) is 3.40. The summed E-state index contributed by atoms with van der Waals surface area (Å²) in [5.41, 5.74) is 4.05. The Balaban J connectivity index is 1.86. The van der Waals surface area contributed by atoms with Crippen LogP contribution in [-0.4, -0.2) is 15.9 Å². The smallest absolute Gasteiger partial charge is 0.339 e. The Morgan fingerprint density at radius 3 is 2.78 bits per heavy atom. The Labute approximate surface area is 139 Å². The van der Waals surface area contributed by atoms with Gasteiger partial charge in [0.05, 0.1) is 21.8 Å². The fourth-order valence-corrected chi connectivity index (χ4v) is 3.17. The van der Waals surface area contributed by atoms with E-state index in [1.807, 2.05) is 37.4 Å². The molecule has 118 valence electrons. The second-order valence-corrected chi connectivity index (χ2v) is 6.44. The van der Waals surface area contributed by atoms with Crippen molar-refractivity contribution in [3.8, 4) is 0 Å². The van der Waals surface area contributed by atoms with Gasteiger partial charge in [-0.2, -0.15) is 0 Å². The van der Waals surface area contributed by atoms with E-state index >= 15 is 0 Å². The van der Waals surface area contributed by atoms with Crippen molar-refractivity contribution in [3.05, 3.63) is 57.2 Å². The van der Waals surface area contributed by atoms with Gasteiger partial charge in [-0.3, -0.25) is 4.98 Å². The van der Waals surface area contributed by atoms with Gasteiger partial charge in [0.15, 0.2) is 0 Å². The summed E-state index contributed by atoms with van der Waals surface area (Å²) in [6.07, 6.45) is 0.895. The maximum absolute atomic E-state index is 12.5. The number of fused-ring (bicyclic) bond motifs is 1. The summed E-state index contributed by atoms with van der Waals surface area (Å²) in [7, 11) is 0. The van der Waals surface area contributed by atoms with Gasteiger partial charge in [-0.15, -0.1) is 11.3 Å². The number of pyridine rings is 1. The normalized spacial score (nSPS) is 10.9. The van der Waals surface area contributed by atoms with Gasteiger partial charge in [0.25, 0.3) is 0 Å². The summed E-state index contributed by atoms with van der Waals surface area (Å²) in [6, 6.07) is 7.67. The molecule has 0 aliphatic rings. The molecule has 0 radical (unpaired) electrons. The van der Waals surface area contributed by atoms with Crippen molar-refractivity contribution in [2.45, 2.75) is 33.8 Å². The van der Waals surface area contributed by atoms with Crippen LogP contribution in [0.25, 0.3) is 10.9 Å². The van der Waals surface area contributed by atoms with Crippen LogP contribution in [-0.2, 0) is 17.8 Å². The molecule has 2 heterocycles. The molecule has 2 aromatic heterocycles. The number of benzene rings is 1. The SMILES string of the molecule is CCc1nc(COC(=O)c2cc(C)nc3ccc(C)cc23)cs1. The van der Waals surface area contributed by atoms with E-state index in [2.05, 4.69) is 16.9 Å². The van der Waals surface area contributed by atoms with E-state index in [0.29, 0.717) is 5.56 Å². The molecule has 0 atom stereocenters. The maximum Gasteiger partial charge on any atom is 0.339 e. The number of aryl methyl sites for hydroxylation is 3. The molecule has 1 aromatic carbocycles. The zero-order valence-corrected chi connectivity index (χ0v) is 14.2.